The summed E-state index contributed by atoms with van der Waals surface area (Å²) in [6, 6.07) is 29.9. The van der Waals surface area contributed by atoms with Crippen molar-refractivity contribution in [2.24, 2.45) is 0 Å². The van der Waals surface area contributed by atoms with E-state index in [0.29, 0.717) is 22.8 Å². The molecule has 0 fully saturated rings. The Morgan fingerprint density at radius 2 is 1.26 bits per heavy atom. The van der Waals surface area contributed by atoms with E-state index < -0.39 is 18.1 Å². The van der Waals surface area contributed by atoms with Crippen LogP contribution < -0.4 is 0 Å². The molecule has 0 bridgehead atoms. The minimum Gasteiger partial charge on any atom is -0.456 e. The van der Waals surface area contributed by atoms with Gasteiger partial charge in [0.1, 0.15) is 11.2 Å². The number of furan rings is 1. The van der Waals surface area contributed by atoms with Crippen molar-refractivity contribution in [1.29, 1.82) is 0 Å². The van der Waals surface area contributed by atoms with Gasteiger partial charge in [0.25, 0.3) is 0 Å². The molecule has 42 heavy (non-hydrogen) atoms. The maximum absolute atomic E-state index is 8.73. The molecule has 9 rings (SSSR count). The number of thiophene rings is 1. The minimum absolute atomic E-state index is 0.00429. The van der Waals surface area contributed by atoms with Crippen molar-refractivity contribution in [2.45, 2.75) is 0 Å². The molecular formula is C37H21N3OS. The molecule has 0 saturated heterocycles. The SMILES string of the molecule is [2H]c1c([2H])c([2H])c(-c2nc(-c3cccc4c3sc3ccccc34)nc(-c3cccc4oc5cc6ccccc6cc5c34)n2)c([2H])c1[2H]. The van der Waals surface area contributed by atoms with Gasteiger partial charge in [-0.1, -0.05) is 96.9 Å². The molecule has 196 valence electrons. The van der Waals surface area contributed by atoms with Crippen LogP contribution >= 0.6 is 11.3 Å². The van der Waals surface area contributed by atoms with Crippen molar-refractivity contribution >= 4 is 64.2 Å². The van der Waals surface area contributed by atoms with Crippen LogP contribution in [0.15, 0.2) is 132 Å². The lowest BCUT2D eigenvalue weighted by Crippen LogP contribution is -2.00. The second kappa shape index (κ2) is 9.06. The molecule has 0 radical (unpaired) electrons. The smallest absolute Gasteiger partial charge is 0.165 e. The lowest BCUT2D eigenvalue weighted by atomic mass is 10.0. The van der Waals surface area contributed by atoms with E-state index in [0.717, 1.165) is 52.9 Å². The molecule has 3 heterocycles. The van der Waals surface area contributed by atoms with E-state index in [4.69, 9.17) is 26.2 Å². The first kappa shape index (κ1) is 18.9. The standard InChI is InChI=1S/C37H21N3OS/c1-2-10-22(11-3-1)35-38-36(40-37(39-35)28-17-8-15-26-25-14-6-7-19-32(25)42-34(26)28)27-16-9-18-30-33(27)29-20-23-12-4-5-13-24(23)21-31(29)41-30/h1-21H/i1D,2D,3D,10D,11D. The highest BCUT2D eigenvalue weighted by molar-refractivity contribution is 7.26. The molecule has 3 aromatic heterocycles. The van der Waals surface area contributed by atoms with E-state index in [9.17, 15) is 0 Å². The summed E-state index contributed by atoms with van der Waals surface area (Å²) in [5.41, 5.74) is 2.74. The second-order valence-electron chi connectivity index (χ2n) is 10.1. The van der Waals surface area contributed by atoms with Crippen LogP contribution in [0, 0.1) is 0 Å². The van der Waals surface area contributed by atoms with Gasteiger partial charge in [-0.3, -0.25) is 0 Å². The largest absolute Gasteiger partial charge is 0.456 e. The monoisotopic (exact) mass is 560 g/mol. The van der Waals surface area contributed by atoms with Gasteiger partial charge in [-0.2, -0.15) is 0 Å². The number of hydrogen-bond donors (Lipinski definition) is 0. The lowest BCUT2D eigenvalue weighted by molar-refractivity contribution is 0.669. The lowest BCUT2D eigenvalue weighted by Gasteiger charge is -2.10. The predicted octanol–water partition coefficient (Wildman–Crippen LogP) is 10.3. The van der Waals surface area contributed by atoms with Crippen LogP contribution in [-0.4, -0.2) is 15.0 Å². The Bertz CT molecular complexity index is 2740. The van der Waals surface area contributed by atoms with Crippen LogP contribution in [0.1, 0.15) is 6.85 Å². The summed E-state index contributed by atoms with van der Waals surface area (Å²) in [5, 5.41) is 6.01. The van der Waals surface area contributed by atoms with Crippen molar-refractivity contribution in [2.75, 3.05) is 0 Å². The molecule has 0 N–H and O–H groups in total. The van der Waals surface area contributed by atoms with Crippen molar-refractivity contribution in [3.8, 4) is 34.2 Å². The van der Waals surface area contributed by atoms with Gasteiger partial charge in [-0.25, -0.2) is 15.0 Å². The quantitative estimate of drug-likeness (QED) is 0.216. The Kier molecular flexibility index (Phi) is 4.07. The van der Waals surface area contributed by atoms with E-state index in [-0.39, 0.29) is 23.5 Å². The number of hydrogen-bond acceptors (Lipinski definition) is 5. The molecule has 0 saturated carbocycles. The molecule has 0 amide bonds. The number of nitrogens with zero attached hydrogens (tertiary/aromatic N) is 3. The van der Waals surface area contributed by atoms with Crippen LogP contribution in [0.2, 0.25) is 0 Å². The average Bonchev–Trinajstić information content (AvgIpc) is 3.66. The highest BCUT2D eigenvalue weighted by Gasteiger charge is 2.19. The van der Waals surface area contributed by atoms with E-state index >= 15 is 0 Å². The molecular weight excluding hydrogens is 534 g/mol. The van der Waals surface area contributed by atoms with Crippen LogP contribution in [0.25, 0.3) is 87.0 Å². The second-order valence-corrected chi connectivity index (χ2v) is 11.1. The molecule has 0 atom stereocenters. The molecule has 0 unspecified atom stereocenters. The highest BCUT2D eigenvalue weighted by Crippen LogP contribution is 2.41. The summed E-state index contributed by atoms with van der Waals surface area (Å²) >= 11 is 1.63. The van der Waals surface area contributed by atoms with Crippen LogP contribution in [-0.2, 0) is 0 Å². The Labute approximate surface area is 251 Å². The summed E-state index contributed by atoms with van der Waals surface area (Å²) in [7, 11) is 0. The summed E-state index contributed by atoms with van der Waals surface area (Å²) in [6.07, 6.45) is 0. The van der Waals surface area contributed by atoms with E-state index in [1.807, 2.05) is 66.7 Å². The number of fused-ring (bicyclic) bond motifs is 7. The molecule has 6 aromatic carbocycles. The van der Waals surface area contributed by atoms with Crippen LogP contribution in [0.3, 0.4) is 0 Å². The number of aromatic nitrogens is 3. The zero-order valence-corrected chi connectivity index (χ0v) is 22.7. The van der Waals surface area contributed by atoms with Crippen molar-refractivity contribution in [3.63, 3.8) is 0 Å². The zero-order valence-electron chi connectivity index (χ0n) is 26.9. The first-order valence-electron chi connectivity index (χ1n) is 16.0. The maximum atomic E-state index is 8.73. The Hall–Kier alpha value is -5.39. The summed E-state index contributed by atoms with van der Waals surface area (Å²) in [5.74, 6) is 0.635. The topological polar surface area (TPSA) is 51.8 Å². The normalized spacial score (nSPS) is 13.5. The molecule has 9 aromatic rings. The van der Waals surface area contributed by atoms with Gasteiger partial charge in [0.2, 0.25) is 0 Å². The molecule has 0 spiro atoms. The summed E-state index contributed by atoms with van der Waals surface area (Å²) < 4.78 is 50.7. The van der Waals surface area contributed by atoms with Crippen molar-refractivity contribution in [3.05, 3.63) is 127 Å². The van der Waals surface area contributed by atoms with E-state index in [2.05, 4.69) is 30.3 Å². The molecule has 4 nitrogen and oxygen atoms in total. The summed E-state index contributed by atoms with van der Waals surface area (Å²) in [4.78, 5) is 14.7. The van der Waals surface area contributed by atoms with Crippen LogP contribution in [0.5, 0.6) is 0 Å². The van der Waals surface area contributed by atoms with Crippen molar-refractivity contribution in [1.82, 2.24) is 15.0 Å². The maximum Gasteiger partial charge on any atom is 0.165 e. The summed E-state index contributed by atoms with van der Waals surface area (Å²) in [6.45, 7) is 0. The van der Waals surface area contributed by atoms with Gasteiger partial charge in [-0.15, -0.1) is 11.3 Å². The number of rotatable bonds is 3. The molecule has 0 aliphatic rings. The van der Waals surface area contributed by atoms with Gasteiger partial charge in [-0.05, 0) is 41.1 Å². The highest BCUT2D eigenvalue weighted by atomic mass is 32.1. The fourth-order valence-corrected chi connectivity index (χ4v) is 6.92. The third kappa shape index (κ3) is 3.57. The van der Waals surface area contributed by atoms with Gasteiger partial charge >= 0.3 is 0 Å². The molecule has 5 heteroatoms. The molecule has 0 aliphatic heterocycles. The van der Waals surface area contributed by atoms with Crippen molar-refractivity contribution < 1.29 is 11.3 Å². The average molecular weight is 561 g/mol. The Balaban J connectivity index is 1.38. The van der Waals surface area contributed by atoms with E-state index in [1.165, 1.54) is 0 Å². The van der Waals surface area contributed by atoms with Gasteiger partial charge < -0.3 is 4.42 Å². The van der Waals surface area contributed by atoms with Gasteiger partial charge in [0.15, 0.2) is 17.5 Å². The first-order valence-corrected chi connectivity index (χ1v) is 14.3. The van der Waals surface area contributed by atoms with Crippen LogP contribution in [0.4, 0.5) is 0 Å². The fourth-order valence-electron chi connectivity index (χ4n) is 5.71. The molecule has 0 aliphatic carbocycles. The first-order chi connectivity index (χ1) is 22.9. The van der Waals surface area contributed by atoms with Gasteiger partial charge in [0, 0.05) is 47.6 Å². The van der Waals surface area contributed by atoms with Gasteiger partial charge in [0.05, 0.1) is 6.85 Å². The fraction of sp³-hybridized carbons (Fsp3) is 0. The third-order valence-electron chi connectivity index (χ3n) is 7.61. The predicted molar refractivity (Wildman–Crippen MR) is 174 cm³/mol. The Morgan fingerprint density at radius 1 is 0.571 bits per heavy atom. The number of benzene rings is 6. The Morgan fingerprint density at radius 3 is 2.14 bits per heavy atom. The minimum atomic E-state index is -0.477. The van der Waals surface area contributed by atoms with E-state index in [1.54, 1.807) is 11.3 Å². The zero-order chi connectivity index (χ0) is 32.0. The third-order valence-corrected chi connectivity index (χ3v) is 8.83.